The van der Waals surface area contributed by atoms with E-state index in [0.717, 1.165) is 6.92 Å². The van der Waals surface area contributed by atoms with Crippen molar-refractivity contribution in [2.45, 2.75) is 20.3 Å². The van der Waals surface area contributed by atoms with Crippen molar-refractivity contribution in [3.8, 4) is 0 Å². The number of halogens is 2. The van der Waals surface area contributed by atoms with Crippen molar-refractivity contribution in [2.75, 3.05) is 0 Å². The topological polar surface area (TPSA) is 57.5 Å². The summed E-state index contributed by atoms with van der Waals surface area (Å²) < 4.78 is 23.4. The normalized spacial score (nSPS) is 10.9. The fourth-order valence-corrected chi connectivity index (χ4v) is 0.244. The molecule has 3 nitrogen and oxygen atoms in total. The van der Waals surface area contributed by atoms with Gasteiger partial charge < -0.3 is 10.2 Å². The van der Waals surface area contributed by atoms with Crippen molar-refractivity contribution >= 4 is 6.16 Å². The first-order chi connectivity index (χ1) is 4.91. The Morgan fingerprint density at radius 3 is 1.64 bits per heavy atom. The van der Waals surface area contributed by atoms with Crippen molar-refractivity contribution in [2.24, 2.45) is 0 Å². The van der Waals surface area contributed by atoms with Gasteiger partial charge in [-0.15, -0.1) is 0 Å². The molecule has 0 amide bonds. The number of hydrogen-bond donors (Lipinski definition) is 2. The second-order valence-corrected chi connectivity index (χ2v) is 1.57. The van der Waals surface area contributed by atoms with E-state index in [4.69, 9.17) is 15.0 Å². The third-order valence-electron chi connectivity index (χ3n) is 0.684. The van der Waals surface area contributed by atoms with Gasteiger partial charge in [0.15, 0.2) is 0 Å². The maximum absolute atomic E-state index is 11.8. The Bertz CT molecular complexity index is 146. The number of rotatable bonds is 1. The highest BCUT2D eigenvalue weighted by molar-refractivity contribution is 5.53. The van der Waals surface area contributed by atoms with E-state index >= 15 is 0 Å². The predicted molar refractivity (Wildman–Crippen MR) is 35.9 cm³/mol. The Morgan fingerprint density at radius 1 is 1.36 bits per heavy atom. The molecule has 2 N–H and O–H groups in total. The lowest BCUT2D eigenvalue weighted by molar-refractivity contribution is 0.137. The largest absolute Gasteiger partial charge is 0.503 e. The van der Waals surface area contributed by atoms with E-state index in [0.29, 0.717) is 0 Å². The van der Waals surface area contributed by atoms with Gasteiger partial charge in [-0.3, -0.25) is 0 Å². The minimum absolute atomic E-state index is 0.155. The van der Waals surface area contributed by atoms with Crippen LogP contribution in [0.3, 0.4) is 0 Å². The zero-order valence-electron chi connectivity index (χ0n) is 6.27. The standard InChI is InChI=1S/C5H8F2.CH2O3/c1-3-5(7)4(2)6;2-1(3)4/h3H2,1-2H3;(H2,2,3,4). The first-order valence-electron chi connectivity index (χ1n) is 2.84. The molecule has 0 rings (SSSR count). The minimum atomic E-state index is -1.83. The summed E-state index contributed by atoms with van der Waals surface area (Å²) in [6.45, 7) is 2.68. The fourth-order valence-electron chi connectivity index (χ4n) is 0.244. The van der Waals surface area contributed by atoms with Crippen LogP contribution in [0.25, 0.3) is 0 Å². The molecule has 0 radical (unpaired) electrons. The second-order valence-electron chi connectivity index (χ2n) is 1.57. The number of hydrogen-bond acceptors (Lipinski definition) is 1. The zero-order chi connectivity index (χ0) is 9.44. The highest BCUT2D eigenvalue weighted by Gasteiger charge is 1.93. The average molecular weight is 168 g/mol. The molecule has 0 unspecified atom stereocenters. The molecule has 0 saturated heterocycles. The van der Waals surface area contributed by atoms with E-state index < -0.39 is 17.8 Å². The molecule has 0 saturated carbocycles. The quantitative estimate of drug-likeness (QED) is 0.632. The van der Waals surface area contributed by atoms with Crippen molar-refractivity contribution in [1.82, 2.24) is 0 Å². The molecule has 0 spiro atoms. The highest BCUT2D eigenvalue weighted by atomic mass is 19.2. The number of carboxylic acid groups (broad SMARTS) is 2. The predicted octanol–water partition coefficient (Wildman–Crippen LogP) is 2.79. The first kappa shape index (κ1) is 12.5. The molecule has 0 heterocycles. The van der Waals surface area contributed by atoms with Gasteiger partial charge in [0.1, 0.15) is 11.7 Å². The van der Waals surface area contributed by atoms with Gasteiger partial charge in [0, 0.05) is 0 Å². The third kappa shape index (κ3) is 17.7. The van der Waals surface area contributed by atoms with E-state index in [-0.39, 0.29) is 6.42 Å². The molecule has 0 aliphatic heterocycles. The molecule has 0 bridgehead atoms. The Balaban J connectivity index is 0. The molecule has 66 valence electrons. The molecule has 11 heavy (non-hydrogen) atoms. The third-order valence-corrected chi connectivity index (χ3v) is 0.684. The maximum atomic E-state index is 11.8. The van der Waals surface area contributed by atoms with Gasteiger partial charge in [-0.25, -0.2) is 13.6 Å². The molecule has 5 heteroatoms. The van der Waals surface area contributed by atoms with Crippen LogP contribution >= 0.6 is 0 Å². The van der Waals surface area contributed by atoms with E-state index in [9.17, 15) is 8.78 Å². The minimum Gasteiger partial charge on any atom is -0.450 e. The van der Waals surface area contributed by atoms with Crippen molar-refractivity contribution < 1.29 is 23.8 Å². The van der Waals surface area contributed by atoms with E-state index in [1.807, 2.05) is 0 Å². The summed E-state index contributed by atoms with van der Waals surface area (Å²) in [7, 11) is 0. The Morgan fingerprint density at radius 2 is 1.64 bits per heavy atom. The number of allylic oxidation sites excluding steroid dienone is 2. The van der Waals surface area contributed by atoms with Crippen molar-refractivity contribution in [1.29, 1.82) is 0 Å². The average Bonchev–Trinajstić information content (AvgIpc) is 1.85. The summed E-state index contributed by atoms with van der Waals surface area (Å²) in [5.74, 6) is -1.36. The molecule has 0 atom stereocenters. The van der Waals surface area contributed by atoms with Gasteiger partial charge in [0.05, 0.1) is 0 Å². The number of carbonyl (C=O) groups is 1. The molecular formula is C6H10F2O3. The van der Waals surface area contributed by atoms with Gasteiger partial charge in [0.25, 0.3) is 0 Å². The van der Waals surface area contributed by atoms with Crippen LogP contribution in [0.4, 0.5) is 13.6 Å². The van der Waals surface area contributed by atoms with Gasteiger partial charge in [-0.2, -0.15) is 0 Å². The molecule has 0 aliphatic rings. The molecule has 0 fully saturated rings. The van der Waals surface area contributed by atoms with Crippen LogP contribution in [0.2, 0.25) is 0 Å². The van der Waals surface area contributed by atoms with E-state index in [1.54, 1.807) is 6.92 Å². The summed E-state index contributed by atoms with van der Waals surface area (Å²) in [5.41, 5.74) is 0. The van der Waals surface area contributed by atoms with Crippen LogP contribution in [0, 0.1) is 0 Å². The van der Waals surface area contributed by atoms with Crippen LogP contribution < -0.4 is 0 Å². The second kappa shape index (κ2) is 6.98. The van der Waals surface area contributed by atoms with Crippen molar-refractivity contribution in [3.05, 3.63) is 11.7 Å². The van der Waals surface area contributed by atoms with Gasteiger partial charge in [0.2, 0.25) is 0 Å². The lowest BCUT2D eigenvalue weighted by Crippen LogP contribution is -1.81. The van der Waals surface area contributed by atoms with Gasteiger partial charge >= 0.3 is 6.16 Å². The van der Waals surface area contributed by atoms with Gasteiger partial charge in [-0.1, -0.05) is 6.92 Å². The maximum Gasteiger partial charge on any atom is 0.503 e. The van der Waals surface area contributed by atoms with E-state index in [2.05, 4.69) is 0 Å². The lowest BCUT2D eigenvalue weighted by atomic mass is 10.4. The smallest absolute Gasteiger partial charge is 0.450 e. The fraction of sp³-hybridized carbons (Fsp3) is 0.500. The zero-order valence-corrected chi connectivity index (χ0v) is 6.27. The summed E-state index contributed by atoms with van der Waals surface area (Å²) in [6, 6.07) is 0. The monoisotopic (exact) mass is 168 g/mol. The van der Waals surface area contributed by atoms with Crippen LogP contribution in [0.1, 0.15) is 20.3 Å². The van der Waals surface area contributed by atoms with Gasteiger partial charge in [-0.05, 0) is 13.3 Å². The molecule has 0 aromatic carbocycles. The summed E-state index contributed by atoms with van der Waals surface area (Å²) in [6.07, 6.45) is -1.68. The first-order valence-corrected chi connectivity index (χ1v) is 2.84. The Kier molecular flexibility index (Phi) is 7.96. The molecule has 0 aromatic rings. The SMILES string of the molecule is CCC(F)=C(C)F.O=C(O)O. The molecular weight excluding hydrogens is 158 g/mol. The Labute approximate surface area is 63.0 Å². The molecule has 0 aliphatic carbocycles. The summed E-state index contributed by atoms with van der Waals surface area (Å²) in [5, 5.41) is 13.9. The van der Waals surface area contributed by atoms with Crippen LogP contribution in [-0.4, -0.2) is 16.4 Å². The highest BCUT2D eigenvalue weighted by Crippen LogP contribution is 2.08. The lowest BCUT2D eigenvalue weighted by Gasteiger charge is -1.85. The van der Waals surface area contributed by atoms with Crippen LogP contribution in [0.5, 0.6) is 0 Å². The van der Waals surface area contributed by atoms with Crippen LogP contribution in [-0.2, 0) is 0 Å². The van der Waals surface area contributed by atoms with E-state index in [1.165, 1.54) is 0 Å². The summed E-state index contributed by atoms with van der Waals surface area (Å²) in [4.78, 5) is 8.56. The summed E-state index contributed by atoms with van der Waals surface area (Å²) >= 11 is 0. The van der Waals surface area contributed by atoms with Crippen LogP contribution in [0.15, 0.2) is 11.7 Å². The Hall–Kier alpha value is -1.13. The molecule has 0 aromatic heterocycles. The van der Waals surface area contributed by atoms with Crippen molar-refractivity contribution in [3.63, 3.8) is 0 Å².